The second-order valence-corrected chi connectivity index (χ2v) is 5.08. The van der Waals surface area contributed by atoms with E-state index < -0.39 is 0 Å². The standard InChI is InChI=1S/C14H30N2/c1-4-6-12-16(5-2)14-11-9-7-8-10-13(14)15-3/h13-15H,4-12H2,1-3H3. The Kier molecular flexibility index (Phi) is 7.06. The van der Waals surface area contributed by atoms with Gasteiger partial charge in [-0.2, -0.15) is 0 Å². The number of hydrogen-bond acceptors (Lipinski definition) is 2. The lowest BCUT2D eigenvalue weighted by atomic mass is 10.0. The highest BCUT2D eigenvalue weighted by Crippen LogP contribution is 2.22. The van der Waals surface area contributed by atoms with E-state index in [-0.39, 0.29) is 0 Å². The lowest BCUT2D eigenvalue weighted by Crippen LogP contribution is -2.48. The molecule has 2 nitrogen and oxygen atoms in total. The largest absolute Gasteiger partial charge is 0.315 e. The highest BCUT2D eigenvalue weighted by atomic mass is 15.2. The van der Waals surface area contributed by atoms with E-state index in [4.69, 9.17) is 0 Å². The van der Waals surface area contributed by atoms with Crippen LogP contribution in [0.5, 0.6) is 0 Å². The Labute approximate surface area is 102 Å². The fourth-order valence-corrected chi connectivity index (χ4v) is 2.98. The minimum absolute atomic E-state index is 0.722. The van der Waals surface area contributed by atoms with Gasteiger partial charge in [-0.05, 0) is 39.4 Å². The molecule has 0 aromatic rings. The van der Waals surface area contributed by atoms with Gasteiger partial charge in [0.2, 0.25) is 0 Å². The van der Waals surface area contributed by atoms with Crippen LogP contribution in [0.4, 0.5) is 0 Å². The lowest BCUT2D eigenvalue weighted by molar-refractivity contribution is 0.156. The van der Waals surface area contributed by atoms with Gasteiger partial charge in [0.1, 0.15) is 0 Å². The minimum atomic E-state index is 0.722. The molecule has 0 saturated heterocycles. The average Bonchev–Trinajstić information content (AvgIpc) is 2.55. The average molecular weight is 226 g/mol. The van der Waals surface area contributed by atoms with Gasteiger partial charge in [0.15, 0.2) is 0 Å². The van der Waals surface area contributed by atoms with Crippen LogP contribution in [0.3, 0.4) is 0 Å². The van der Waals surface area contributed by atoms with Crippen molar-refractivity contribution in [2.24, 2.45) is 0 Å². The Morgan fingerprint density at radius 3 is 2.50 bits per heavy atom. The topological polar surface area (TPSA) is 15.3 Å². The summed E-state index contributed by atoms with van der Waals surface area (Å²) in [5.74, 6) is 0. The zero-order chi connectivity index (χ0) is 11.8. The van der Waals surface area contributed by atoms with Gasteiger partial charge >= 0.3 is 0 Å². The molecule has 0 aromatic carbocycles. The number of unbranched alkanes of at least 4 members (excludes halogenated alkanes) is 1. The van der Waals surface area contributed by atoms with E-state index in [9.17, 15) is 0 Å². The molecule has 1 aliphatic carbocycles. The van der Waals surface area contributed by atoms with Crippen LogP contribution < -0.4 is 5.32 Å². The minimum Gasteiger partial charge on any atom is -0.315 e. The van der Waals surface area contributed by atoms with E-state index in [1.807, 2.05) is 0 Å². The van der Waals surface area contributed by atoms with Crippen molar-refractivity contribution in [1.29, 1.82) is 0 Å². The van der Waals surface area contributed by atoms with E-state index in [0.29, 0.717) is 0 Å². The Hall–Kier alpha value is -0.0800. The van der Waals surface area contributed by atoms with Gasteiger partial charge in [-0.25, -0.2) is 0 Å². The molecule has 0 aromatic heterocycles. The summed E-state index contributed by atoms with van der Waals surface area (Å²) >= 11 is 0. The number of nitrogens with one attached hydrogen (secondary N) is 1. The first-order chi connectivity index (χ1) is 7.83. The number of nitrogens with zero attached hydrogens (tertiary/aromatic N) is 1. The van der Waals surface area contributed by atoms with Crippen LogP contribution in [-0.4, -0.2) is 37.1 Å². The molecule has 1 aliphatic rings. The highest BCUT2D eigenvalue weighted by molar-refractivity contribution is 4.85. The Bertz CT molecular complexity index is 170. The van der Waals surface area contributed by atoms with Gasteiger partial charge < -0.3 is 5.32 Å². The summed E-state index contributed by atoms with van der Waals surface area (Å²) in [5.41, 5.74) is 0. The van der Waals surface area contributed by atoms with E-state index in [1.165, 1.54) is 58.0 Å². The smallest absolute Gasteiger partial charge is 0.0249 e. The molecular weight excluding hydrogens is 196 g/mol. The van der Waals surface area contributed by atoms with Crippen LogP contribution in [0, 0.1) is 0 Å². The molecule has 96 valence electrons. The normalized spacial score (nSPS) is 27.0. The maximum Gasteiger partial charge on any atom is 0.0249 e. The van der Waals surface area contributed by atoms with E-state index in [2.05, 4.69) is 31.1 Å². The molecule has 2 atom stereocenters. The first-order valence-electron chi connectivity index (χ1n) is 7.24. The molecule has 0 spiro atoms. The van der Waals surface area contributed by atoms with Gasteiger partial charge in [-0.1, -0.05) is 39.5 Å². The second kappa shape index (κ2) is 8.08. The molecule has 0 aliphatic heterocycles. The summed E-state index contributed by atoms with van der Waals surface area (Å²) in [6.07, 6.45) is 9.68. The number of hydrogen-bond donors (Lipinski definition) is 1. The van der Waals surface area contributed by atoms with Gasteiger partial charge in [0.05, 0.1) is 0 Å². The van der Waals surface area contributed by atoms with Crippen LogP contribution in [-0.2, 0) is 0 Å². The van der Waals surface area contributed by atoms with Crippen molar-refractivity contribution in [3.05, 3.63) is 0 Å². The van der Waals surface area contributed by atoms with Crippen molar-refractivity contribution in [3.63, 3.8) is 0 Å². The second-order valence-electron chi connectivity index (χ2n) is 5.08. The third kappa shape index (κ3) is 4.06. The summed E-state index contributed by atoms with van der Waals surface area (Å²) in [5, 5.41) is 3.54. The SMILES string of the molecule is CCCCN(CC)C1CCCCCC1NC. The van der Waals surface area contributed by atoms with Crippen molar-refractivity contribution in [2.75, 3.05) is 20.1 Å². The fourth-order valence-electron chi connectivity index (χ4n) is 2.98. The van der Waals surface area contributed by atoms with Crippen molar-refractivity contribution < 1.29 is 0 Å². The maximum atomic E-state index is 3.54. The first kappa shape index (κ1) is 14.0. The summed E-state index contributed by atoms with van der Waals surface area (Å²) in [6, 6.07) is 1.50. The molecule has 1 rings (SSSR count). The summed E-state index contributed by atoms with van der Waals surface area (Å²) in [6.45, 7) is 7.10. The van der Waals surface area contributed by atoms with Gasteiger partial charge in [0, 0.05) is 12.1 Å². The van der Waals surface area contributed by atoms with Gasteiger partial charge in [-0.15, -0.1) is 0 Å². The molecule has 16 heavy (non-hydrogen) atoms. The van der Waals surface area contributed by atoms with Crippen LogP contribution >= 0.6 is 0 Å². The fraction of sp³-hybridized carbons (Fsp3) is 1.00. The molecule has 1 fully saturated rings. The molecule has 1 saturated carbocycles. The zero-order valence-electron chi connectivity index (χ0n) is 11.5. The van der Waals surface area contributed by atoms with Crippen molar-refractivity contribution in [1.82, 2.24) is 10.2 Å². The lowest BCUT2D eigenvalue weighted by Gasteiger charge is -2.35. The third-order valence-corrected chi connectivity index (χ3v) is 4.02. The quantitative estimate of drug-likeness (QED) is 0.700. The highest BCUT2D eigenvalue weighted by Gasteiger charge is 2.26. The Balaban J connectivity index is 2.55. The third-order valence-electron chi connectivity index (χ3n) is 4.02. The molecule has 2 unspecified atom stereocenters. The molecule has 0 heterocycles. The van der Waals surface area contributed by atoms with Crippen molar-refractivity contribution >= 4 is 0 Å². The molecule has 0 amide bonds. The predicted molar refractivity (Wildman–Crippen MR) is 71.9 cm³/mol. The van der Waals surface area contributed by atoms with E-state index in [1.54, 1.807) is 0 Å². The van der Waals surface area contributed by atoms with Crippen LogP contribution in [0.15, 0.2) is 0 Å². The zero-order valence-corrected chi connectivity index (χ0v) is 11.5. The predicted octanol–water partition coefficient (Wildman–Crippen LogP) is 3.03. The molecule has 2 heteroatoms. The first-order valence-corrected chi connectivity index (χ1v) is 7.24. The van der Waals surface area contributed by atoms with Crippen molar-refractivity contribution in [3.8, 4) is 0 Å². The Morgan fingerprint density at radius 1 is 1.12 bits per heavy atom. The van der Waals surface area contributed by atoms with Crippen LogP contribution in [0.25, 0.3) is 0 Å². The van der Waals surface area contributed by atoms with Crippen molar-refractivity contribution in [2.45, 2.75) is 70.9 Å². The van der Waals surface area contributed by atoms with E-state index in [0.717, 1.165) is 12.1 Å². The maximum absolute atomic E-state index is 3.54. The molecule has 0 bridgehead atoms. The van der Waals surface area contributed by atoms with Crippen LogP contribution in [0.1, 0.15) is 58.8 Å². The molecule has 0 radical (unpaired) electrons. The van der Waals surface area contributed by atoms with Crippen LogP contribution in [0.2, 0.25) is 0 Å². The Morgan fingerprint density at radius 2 is 1.88 bits per heavy atom. The number of rotatable bonds is 6. The summed E-state index contributed by atoms with van der Waals surface area (Å²) < 4.78 is 0. The van der Waals surface area contributed by atoms with Gasteiger partial charge in [-0.3, -0.25) is 4.90 Å². The van der Waals surface area contributed by atoms with E-state index >= 15 is 0 Å². The summed E-state index contributed by atoms with van der Waals surface area (Å²) in [7, 11) is 2.14. The van der Waals surface area contributed by atoms with Gasteiger partial charge in [0.25, 0.3) is 0 Å². The molecule has 1 N–H and O–H groups in total. The monoisotopic (exact) mass is 226 g/mol. The number of likely N-dealkylation sites (N-methyl/N-ethyl adjacent to an activating group) is 2. The molecular formula is C14H30N2. The summed E-state index contributed by atoms with van der Waals surface area (Å²) in [4.78, 5) is 2.70.